The van der Waals surface area contributed by atoms with E-state index in [0.29, 0.717) is 0 Å². The number of nitrogens with zero attached hydrogens (tertiary/aromatic N) is 2. The fourth-order valence-corrected chi connectivity index (χ4v) is 2.81. The van der Waals surface area contributed by atoms with Crippen molar-refractivity contribution in [1.29, 1.82) is 0 Å². The molecule has 0 aliphatic heterocycles. The highest BCUT2D eigenvalue weighted by atomic mass is 16.2. The van der Waals surface area contributed by atoms with Crippen LogP contribution in [0.1, 0.15) is 0 Å². The first-order valence-corrected chi connectivity index (χ1v) is 7.66. The number of urea groups is 1. The molecule has 0 spiro atoms. The molecule has 4 aromatic rings. The van der Waals surface area contributed by atoms with Gasteiger partial charge in [-0.1, -0.05) is 6.07 Å². The van der Waals surface area contributed by atoms with Crippen LogP contribution in [0.5, 0.6) is 0 Å². The minimum absolute atomic E-state index is 0.265. The molecule has 4 rings (SSSR count). The van der Waals surface area contributed by atoms with Crippen LogP contribution in [-0.4, -0.2) is 15.6 Å². The quantitative estimate of drug-likeness (QED) is 0.577. The Kier molecular flexibility index (Phi) is 3.39. The van der Waals surface area contributed by atoms with Crippen molar-refractivity contribution in [3.8, 4) is 0 Å². The highest BCUT2D eigenvalue weighted by Gasteiger charge is 2.05. The molecule has 24 heavy (non-hydrogen) atoms. The van der Waals surface area contributed by atoms with Crippen LogP contribution in [0, 0.1) is 0 Å². The summed E-state index contributed by atoms with van der Waals surface area (Å²) in [5, 5.41) is 8.90. The Labute approximate surface area is 138 Å². The highest BCUT2D eigenvalue weighted by molar-refractivity contribution is 6.02. The molecule has 2 N–H and O–H groups in total. The smallest absolute Gasteiger partial charge is 0.323 e. The van der Waals surface area contributed by atoms with E-state index in [1.54, 1.807) is 12.4 Å². The van der Waals surface area contributed by atoms with Crippen molar-refractivity contribution in [2.75, 3.05) is 10.6 Å². The maximum Gasteiger partial charge on any atom is 0.323 e. The molecule has 2 heterocycles. The minimum atomic E-state index is -0.265. The lowest BCUT2D eigenvalue weighted by Crippen LogP contribution is -2.19. The number of amides is 2. The number of aryl methyl sites for hydroxylation is 1. The molecule has 5 heteroatoms. The molecular formula is C19H16N4O. The third kappa shape index (κ3) is 2.67. The molecule has 0 atom stereocenters. The van der Waals surface area contributed by atoms with E-state index >= 15 is 0 Å². The number of rotatable bonds is 2. The zero-order valence-electron chi connectivity index (χ0n) is 13.2. The Balaban J connectivity index is 1.52. The number of carbonyl (C=O) groups is 1. The number of anilines is 2. The van der Waals surface area contributed by atoms with Crippen molar-refractivity contribution in [2.24, 2.45) is 7.05 Å². The zero-order chi connectivity index (χ0) is 16.5. The predicted molar refractivity (Wildman–Crippen MR) is 97.3 cm³/mol. The average Bonchev–Trinajstić information content (AvgIpc) is 2.95. The minimum Gasteiger partial charge on any atom is -0.351 e. The monoisotopic (exact) mass is 316 g/mol. The van der Waals surface area contributed by atoms with Gasteiger partial charge in [0.15, 0.2) is 0 Å². The number of carbonyl (C=O) groups excluding carboxylic acids is 1. The summed E-state index contributed by atoms with van der Waals surface area (Å²) in [5.74, 6) is 0. The van der Waals surface area contributed by atoms with Crippen molar-refractivity contribution >= 4 is 39.1 Å². The van der Waals surface area contributed by atoms with E-state index < -0.39 is 0 Å². The zero-order valence-corrected chi connectivity index (χ0v) is 13.2. The number of aromatic nitrogens is 2. The second kappa shape index (κ2) is 5.70. The molecule has 0 aliphatic carbocycles. The maximum absolute atomic E-state index is 12.2. The van der Waals surface area contributed by atoms with E-state index in [2.05, 4.69) is 15.6 Å². The van der Waals surface area contributed by atoms with Gasteiger partial charge in [0.25, 0.3) is 0 Å². The van der Waals surface area contributed by atoms with Crippen LogP contribution < -0.4 is 10.6 Å². The van der Waals surface area contributed by atoms with Crippen LogP contribution in [0.3, 0.4) is 0 Å². The first-order valence-electron chi connectivity index (χ1n) is 7.66. The standard InChI is InChI=1S/C19H16N4O/c1-23-9-7-14-11-17(4-5-18(14)23)22-19(24)21-16-3-2-15-12-20-8-6-13(15)10-16/h2-12H,1H3,(H2,21,22,24). The average molecular weight is 316 g/mol. The number of nitrogens with one attached hydrogen (secondary N) is 2. The molecule has 0 unspecified atom stereocenters. The SMILES string of the molecule is Cn1ccc2cc(NC(=O)Nc3ccc4cnccc4c3)ccc21. The number of benzene rings is 2. The molecule has 0 fully saturated rings. The van der Waals surface area contributed by atoms with Gasteiger partial charge < -0.3 is 15.2 Å². The number of hydrogen-bond acceptors (Lipinski definition) is 2. The van der Waals surface area contributed by atoms with Crippen molar-refractivity contribution in [3.05, 3.63) is 67.1 Å². The molecule has 2 aromatic carbocycles. The fraction of sp³-hybridized carbons (Fsp3) is 0.0526. The molecule has 0 radical (unpaired) electrons. The Bertz CT molecular complexity index is 1050. The van der Waals surface area contributed by atoms with Gasteiger partial charge in [-0.15, -0.1) is 0 Å². The van der Waals surface area contributed by atoms with Crippen molar-refractivity contribution in [2.45, 2.75) is 0 Å². The first kappa shape index (κ1) is 14.3. The van der Waals surface area contributed by atoms with Crippen LogP contribution in [0.2, 0.25) is 0 Å². The lowest BCUT2D eigenvalue weighted by Gasteiger charge is -2.09. The summed E-state index contributed by atoms with van der Waals surface area (Å²) in [7, 11) is 2.00. The van der Waals surface area contributed by atoms with Gasteiger partial charge in [-0.25, -0.2) is 4.79 Å². The summed E-state index contributed by atoms with van der Waals surface area (Å²) in [4.78, 5) is 16.3. The van der Waals surface area contributed by atoms with Crippen LogP contribution >= 0.6 is 0 Å². The maximum atomic E-state index is 12.2. The summed E-state index contributed by atoms with van der Waals surface area (Å²) in [6.45, 7) is 0. The number of hydrogen-bond donors (Lipinski definition) is 2. The Hall–Kier alpha value is -3.34. The lowest BCUT2D eigenvalue weighted by atomic mass is 10.1. The van der Waals surface area contributed by atoms with Crippen molar-refractivity contribution in [3.63, 3.8) is 0 Å². The normalized spacial score (nSPS) is 10.9. The summed E-state index contributed by atoms with van der Waals surface area (Å²) in [5.41, 5.74) is 2.63. The van der Waals surface area contributed by atoms with E-state index in [4.69, 9.17) is 0 Å². The highest BCUT2D eigenvalue weighted by Crippen LogP contribution is 2.21. The number of fused-ring (bicyclic) bond motifs is 2. The third-order valence-electron chi connectivity index (χ3n) is 4.04. The van der Waals surface area contributed by atoms with E-state index in [0.717, 1.165) is 33.1 Å². The number of pyridine rings is 1. The summed E-state index contributed by atoms with van der Waals surface area (Å²) < 4.78 is 2.04. The van der Waals surface area contributed by atoms with Gasteiger partial charge in [0.2, 0.25) is 0 Å². The molecule has 0 saturated heterocycles. The van der Waals surface area contributed by atoms with Gasteiger partial charge in [0.05, 0.1) is 0 Å². The van der Waals surface area contributed by atoms with Gasteiger partial charge in [0, 0.05) is 53.3 Å². The Morgan fingerprint density at radius 1 is 0.917 bits per heavy atom. The lowest BCUT2D eigenvalue weighted by molar-refractivity contribution is 0.262. The van der Waals surface area contributed by atoms with Gasteiger partial charge in [-0.05, 0) is 47.9 Å². The second-order valence-corrected chi connectivity index (χ2v) is 5.72. The predicted octanol–water partition coefficient (Wildman–Crippen LogP) is 4.37. The van der Waals surface area contributed by atoms with Crippen LogP contribution in [0.25, 0.3) is 21.7 Å². The van der Waals surface area contributed by atoms with Crippen LogP contribution in [0.4, 0.5) is 16.2 Å². The van der Waals surface area contributed by atoms with Gasteiger partial charge in [-0.3, -0.25) is 4.98 Å². The molecule has 0 bridgehead atoms. The molecule has 0 saturated carbocycles. The summed E-state index contributed by atoms with van der Waals surface area (Å²) in [6.07, 6.45) is 5.54. The van der Waals surface area contributed by atoms with Crippen LogP contribution in [0.15, 0.2) is 67.1 Å². The molecule has 5 nitrogen and oxygen atoms in total. The van der Waals surface area contributed by atoms with E-state index in [1.165, 1.54) is 0 Å². The topological polar surface area (TPSA) is 59.0 Å². The second-order valence-electron chi connectivity index (χ2n) is 5.72. The van der Waals surface area contributed by atoms with Gasteiger partial charge in [-0.2, -0.15) is 0 Å². The van der Waals surface area contributed by atoms with Crippen molar-refractivity contribution in [1.82, 2.24) is 9.55 Å². The molecule has 2 amide bonds. The van der Waals surface area contributed by atoms with Crippen molar-refractivity contribution < 1.29 is 4.79 Å². The summed E-state index contributed by atoms with van der Waals surface area (Å²) >= 11 is 0. The molecule has 118 valence electrons. The summed E-state index contributed by atoms with van der Waals surface area (Å²) in [6, 6.07) is 15.3. The van der Waals surface area contributed by atoms with E-state index in [9.17, 15) is 4.79 Å². The largest absolute Gasteiger partial charge is 0.351 e. The van der Waals surface area contributed by atoms with E-state index in [-0.39, 0.29) is 6.03 Å². The Morgan fingerprint density at radius 2 is 1.67 bits per heavy atom. The third-order valence-corrected chi connectivity index (χ3v) is 4.04. The molecule has 0 aliphatic rings. The molecular weight excluding hydrogens is 300 g/mol. The first-order chi connectivity index (χ1) is 11.7. The Morgan fingerprint density at radius 3 is 2.50 bits per heavy atom. The molecule has 2 aromatic heterocycles. The fourth-order valence-electron chi connectivity index (χ4n) is 2.81. The van der Waals surface area contributed by atoms with Gasteiger partial charge >= 0.3 is 6.03 Å². The van der Waals surface area contributed by atoms with Crippen LogP contribution in [-0.2, 0) is 7.05 Å². The van der Waals surface area contributed by atoms with Gasteiger partial charge in [0.1, 0.15) is 0 Å². The van der Waals surface area contributed by atoms with E-state index in [1.807, 2.05) is 66.3 Å².